The monoisotopic (exact) mass is 341 g/mol. The van der Waals surface area contributed by atoms with E-state index >= 15 is 0 Å². The van der Waals surface area contributed by atoms with Crippen molar-refractivity contribution in [1.82, 2.24) is 5.32 Å². The molecular formula is C16H24BrNO2. The Kier molecular flexibility index (Phi) is 5.73. The number of nitrogens with one attached hydrogen (secondary N) is 1. The maximum atomic E-state index is 5.46. The summed E-state index contributed by atoms with van der Waals surface area (Å²) in [5, 5.41) is 3.52. The molecule has 3 nitrogen and oxygen atoms in total. The van der Waals surface area contributed by atoms with Crippen molar-refractivity contribution in [2.24, 2.45) is 5.92 Å². The van der Waals surface area contributed by atoms with Crippen LogP contribution in [0.25, 0.3) is 0 Å². The first kappa shape index (κ1) is 15.6. The first-order valence-corrected chi connectivity index (χ1v) is 8.12. The number of halogens is 1. The quantitative estimate of drug-likeness (QED) is 0.879. The van der Waals surface area contributed by atoms with Gasteiger partial charge in [0.15, 0.2) is 11.5 Å². The normalized spacial score (nSPS) is 22.6. The molecule has 1 aliphatic rings. The van der Waals surface area contributed by atoms with Crippen molar-refractivity contribution in [2.45, 2.75) is 32.1 Å². The van der Waals surface area contributed by atoms with E-state index in [1.807, 2.05) is 6.07 Å². The fraction of sp³-hybridized carbons (Fsp3) is 0.625. The van der Waals surface area contributed by atoms with Crippen LogP contribution in [0, 0.1) is 5.92 Å². The molecule has 1 N–H and O–H groups in total. The van der Waals surface area contributed by atoms with E-state index in [0.29, 0.717) is 11.8 Å². The van der Waals surface area contributed by atoms with Crippen molar-refractivity contribution in [3.05, 3.63) is 22.2 Å². The minimum absolute atomic E-state index is 0.588. The lowest BCUT2D eigenvalue weighted by atomic mass is 9.79. The third-order valence-corrected chi connectivity index (χ3v) is 4.86. The molecule has 1 saturated heterocycles. The molecule has 0 amide bonds. The zero-order valence-electron chi connectivity index (χ0n) is 12.5. The fourth-order valence-electron chi connectivity index (χ4n) is 3.16. The lowest BCUT2D eigenvalue weighted by Gasteiger charge is -2.33. The minimum atomic E-state index is 0.588. The van der Waals surface area contributed by atoms with Gasteiger partial charge in [0.25, 0.3) is 0 Å². The predicted molar refractivity (Wildman–Crippen MR) is 85.9 cm³/mol. The molecule has 112 valence electrons. The van der Waals surface area contributed by atoms with Crippen LogP contribution in [0.15, 0.2) is 16.6 Å². The molecule has 0 radical (unpaired) electrons. The summed E-state index contributed by atoms with van der Waals surface area (Å²) in [5.41, 5.74) is 1.35. The predicted octanol–water partition coefficient (Wildman–Crippen LogP) is 3.96. The Labute approximate surface area is 130 Å². The molecule has 2 atom stereocenters. The summed E-state index contributed by atoms with van der Waals surface area (Å²) in [4.78, 5) is 0. The maximum absolute atomic E-state index is 5.46. The summed E-state index contributed by atoms with van der Waals surface area (Å²) >= 11 is 3.71. The van der Waals surface area contributed by atoms with Gasteiger partial charge < -0.3 is 14.8 Å². The zero-order chi connectivity index (χ0) is 14.5. The highest BCUT2D eigenvalue weighted by Crippen LogP contribution is 2.42. The van der Waals surface area contributed by atoms with Crippen LogP contribution in [0.4, 0.5) is 0 Å². The topological polar surface area (TPSA) is 30.5 Å². The van der Waals surface area contributed by atoms with Crippen molar-refractivity contribution in [2.75, 3.05) is 27.3 Å². The van der Waals surface area contributed by atoms with E-state index in [1.54, 1.807) is 14.2 Å². The van der Waals surface area contributed by atoms with E-state index in [4.69, 9.17) is 9.47 Å². The van der Waals surface area contributed by atoms with E-state index in [2.05, 4.69) is 34.2 Å². The first-order valence-electron chi connectivity index (χ1n) is 7.33. The van der Waals surface area contributed by atoms with Crippen molar-refractivity contribution in [1.29, 1.82) is 0 Å². The second-order valence-electron chi connectivity index (χ2n) is 5.38. The van der Waals surface area contributed by atoms with Crippen molar-refractivity contribution in [3.63, 3.8) is 0 Å². The molecule has 0 saturated carbocycles. The Morgan fingerprint density at radius 2 is 1.95 bits per heavy atom. The van der Waals surface area contributed by atoms with Crippen LogP contribution >= 0.6 is 15.9 Å². The summed E-state index contributed by atoms with van der Waals surface area (Å²) in [6.45, 7) is 4.46. The highest BCUT2D eigenvalue weighted by molar-refractivity contribution is 9.10. The average molecular weight is 342 g/mol. The molecule has 20 heavy (non-hydrogen) atoms. The summed E-state index contributed by atoms with van der Waals surface area (Å²) in [5.74, 6) is 2.89. The van der Waals surface area contributed by atoms with Crippen molar-refractivity contribution in [3.8, 4) is 11.5 Å². The second kappa shape index (κ2) is 7.32. The van der Waals surface area contributed by atoms with Gasteiger partial charge in [-0.1, -0.05) is 29.3 Å². The van der Waals surface area contributed by atoms with Crippen molar-refractivity contribution >= 4 is 15.9 Å². The van der Waals surface area contributed by atoms with Crippen LogP contribution in [0.1, 0.15) is 37.7 Å². The van der Waals surface area contributed by atoms with Crippen LogP contribution in [-0.2, 0) is 0 Å². The van der Waals surface area contributed by atoms with E-state index < -0.39 is 0 Å². The lowest BCUT2D eigenvalue weighted by Crippen LogP contribution is -2.35. The van der Waals surface area contributed by atoms with E-state index in [0.717, 1.165) is 29.1 Å². The van der Waals surface area contributed by atoms with E-state index in [9.17, 15) is 0 Å². The average Bonchev–Trinajstić information content (AvgIpc) is 2.48. The van der Waals surface area contributed by atoms with Crippen LogP contribution in [0.5, 0.6) is 11.5 Å². The number of hydrogen-bond acceptors (Lipinski definition) is 3. The highest BCUT2D eigenvalue weighted by atomic mass is 79.9. The van der Waals surface area contributed by atoms with Crippen LogP contribution in [-0.4, -0.2) is 27.3 Å². The van der Waals surface area contributed by atoms with Gasteiger partial charge in [0.1, 0.15) is 0 Å². The molecule has 0 aliphatic carbocycles. The molecule has 2 rings (SSSR count). The van der Waals surface area contributed by atoms with Crippen LogP contribution in [0.2, 0.25) is 0 Å². The number of rotatable bonds is 5. The van der Waals surface area contributed by atoms with E-state index in [-0.39, 0.29) is 0 Å². The number of ether oxygens (including phenoxy) is 2. The summed E-state index contributed by atoms with van der Waals surface area (Å²) in [7, 11) is 3.37. The molecule has 2 unspecified atom stereocenters. The molecule has 1 aromatic rings. The van der Waals surface area contributed by atoms with Gasteiger partial charge in [0.05, 0.1) is 14.2 Å². The number of benzene rings is 1. The molecule has 0 spiro atoms. The summed E-state index contributed by atoms with van der Waals surface area (Å²) in [6.07, 6.45) is 3.67. The number of hydrogen-bond donors (Lipinski definition) is 1. The van der Waals surface area contributed by atoms with Gasteiger partial charge in [0, 0.05) is 4.47 Å². The third kappa shape index (κ3) is 3.29. The Balaban J connectivity index is 2.34. The summed E-state index contributed by atoms with van der Waals surface area (Å²) in [6, 6.07) is 4.17. The Hall–Kier alpha value is -0.740. The zero-order valence-corrected chi connectivity index (χ0v) is 14.1. The molecule has 0 aromatic heterocycles. The largest absolute Gasteiger partial charge is 0.493 e. The SMILES string of the molecule is CCCC1CNCCC1c1cc(OC)c(OC)cc1Br. The number of methoxy groups -OCH3 is 2. The third-order valence-electron chi connectivity index (χ3n) is 4.17. The van der Waals surface area contributed by atoms with Gasteiger partial charge in [-0.2, -0.15) is 0 Å². The fourth-order valence-corrected chi connectivity index (χ4v) is 3.78. The smallest absolute Gasteiger partial charge is 0.161 e. The molecule has 0 bridgehead atoms. The standard InChI is InChI=1S/C16H24BrNO2/c1-4-5-11-10-18-7-6-12(11)13-8-15(19-2)16(20-3)9-14(13)17/h8-9,11-12,18H,4-7,10H2,1-3H3. The first-order chi connectivity index (χ1) is 9.71. The molecule has 1 fully saturated rings. The number of piperidine rings is 1. The molecule has 1 aromatic carbocycles. The lowest BCUT2D eigenvalue weighted by molar-refractivity contribution is 0.303. The van der Waals surface area contributed by atoms with Gasteiger partial charge in [-0.15, -0.1) is 0 Å². The Morgan fingerprint density at radius 1 is 1.25 bits per heavy atom. The van der Waals surface area contributed by atoms with E-state index in [1.165, 1.54) is 24.8 Å². The molecule has 4 heteroatoms. The maximum Gasteiger partial charge on any atom is 0.161 e. The second-order valence-corrected chi connectivity index (χ2v) is 6.23. The van der Waals surface area contributed by atoms with Gasteiger partial charge in [0.2, 0.25) is 0 Å². The molecule has 1 aliphatic heterocycles. The highest BCUT2D eigenvalue weighted by Gasteiger charge is 2.28. The Morgan fingerprint density at radius 3 is 2.60 bits per heavy atom. The van der Waals surface area contributed by atoms with Gasteiger partial charge in [-0.25, -0.2) is 0 Å². The van der Waals surface area contributed by atoms with Crippen LogP contribution < -0.4 is 14.8 Å². The van der Waals surface area contributed by atoms with Gasteiger partial charge in [-0.05, 0) is 55.5 Å². The molecule has 1 heterocycles. The van der Waals surface area contributed by atoms with Crippen molar-refractivity contribution < 1.29 is 9.47 Å². The van der Waals surface area contributed by atoms with Gasteiger partial charge >= 0.3 is 0 Å². The summed E-state index contributed by atoms with van der Waals surface area (Å²) < 4.78 is 12.0. The van der Waals surface area contributed by atoms with Gasteiger partial charge in [-0.3, -0.25) is 0 Å². The minimum Gasteiger partial charge on any atom is -0.493 e. The Bertz CT molecular complexity index is 448. The molecular weight excluding hydrogens is 318 g/mol. The van der Waals surface area contributed by atoms with Crippen LogP contribution in [0.3, 0.4) is 0 Å².